The van der Waals surface area contributed by atoms with Gasteiger partial charge in [-0.25, -0.2) is 8.42 Å². The van der Waals surface area contributed by atoms with Gasteiger partial charge < -0.3 is 9.47 Å². The van der Waals surface area contributed by atoms with E-state index in [0.29, 0.717) is 18.7 Å². The van der Waals surface area contributed by atoms with Crippen LogP contribution in [-0.4, -0.2) is 60.1 Å². The highest BCUT2D eigenvalue weighted by molar-refractivity contribution is 7.89. The topological polar surface area (TPSA) is 79.7 Å². The van der Waals surface area contributed by atoms with Gasteiger partial charge >= 0.3 is 0 Å². The van der Waals surface area contributed by atoms with Gasteiger partial charge in [0.05, 0.1) is 11.3 Å². The number of piperazine rings is 1. The van der Waals surface area contributed by atoms with Gasteiger partial charge in [0.15, 0.2) is 5.78 Å². The van der Waals surface area contributed by atoms with Crippen molar-refractivity contribution < 1.29 is 18.0 Å². The monoisotopic (exact) mass is 439 g/mol. The molecule has 8 heteroatoms. The molecular weight excluding hydrogens is 414 g/mol. The zero-order valence-electron chi connectivity index (χ0n) is 17.6. The maximum absolute atomic E-state index is 13.0. The normalized spacial score (nSPS) is 15.4. The minimum Gasteiger partial charge on any atom is -0.350 e. The number of carbonyl (C=O) groups is 2. The predicted molar refractivity (Wildman–Crippen MR) is 118 cm³/mol. The second-order valence-corrected chi connectivity index (χ2v) is 9.77. The first-order chi connectivity index (χ1) is 14.8. The number of aryl methyl sites for hydroxylation is 1. The molecule has 0 saturated carbocycles. The Balaban J connectivity index is 1.44. The molecule has 0 atom stereocenters. The molecule has 162 valence electrons. The number of amides is 1. The van der Waals surface area contributed by atoms with Crippen LogP contribution in [0.2, 0.25) is 0 Å². The number of para-hydroxylation sites is 1. The van der Waals surface area contributed by atoms with Crippen LogP contribution in [-0.2, 0) is 28.3 Å². The van der Waals surface area contributed by atoms with Crippen molar-refractivity contribution in [1.82, 2.24) is 13.8 Å². The molecule has 1 saturated heterocycles. The van der Waals surface area contributed by atoms with Crippen molar-refractivity contribution in [2.45, 2.75) is 18.2 Å². The number of fused-ring (bicyclic) bond motifs is 1. The third-order valence-electron chi connectivity index (χ3n) is 5.79. The van der Waals surface area contributed by atoms with E-state index in [2.05, 4.69) is 0 Å². The number of benzene rings is 2. The maximum Gasteiger partial charge on any atom is 0.243 e. The number of nitrogens with zero attached hydrogens (tertiary/aromatic N) is 3. The lowest BCUT2D eigenvalue weighted by Gasteiger charge is -2.34. The lowest BCUT2D eigenvalue weighted by atomic mass is 10.1. The lowest BCUT2D eigenvalue weighted by Crippen LogP contribution is -2.50. The van der Waals surface area contributed by atoms with E-state index in [1.807, 2.05) is 42.1 Å². The van der Waals surface area contributed by atoms with Crippen molar-refractivity contribution in [1.29, 1.82) is 0 Å². The summed E-state index contributed by atoms with van der Waals surface area (Å²) in [6.07, 6.45) is 2.26. The van der Waals surface area contributed by atoms with E-state index in [1.54, 1.807) is 17.0 Å². The average molecular weight is 440 g/mol. The molecule has 4 rings (SSSR count). The smallest absolute Gasteiger partial charge is 0.243 e. The molecule has 0 bridgehead atoms. The molecule has 1 aliphatic heterocycles. The zero-order chi connectivity index (χ0) is 22.2. The highest BCUT2D eigenvalue weighted by Crippen LogP contribution is 2.23. The van der Waals surface area contributed by atoms with E-state index in [0.717, 1.165) is 16.5 Å². The van der Waals surface area contributed by atoms with Crippen LogP contribution in [0.1, 0.15) is 22.8 Å². The quantitative estimate of drug-likeness (QED) is 0.572. The number of hydrogen-bond acceptors (Lipinski definition) is 4. The average Bonchev–Trinajstić information content (AvgIpc) is 3.09. The van der Waals surface area contributed by atoms with E-state index in [4.69, 9.17) is 0 Å². The Bertz CT molecular complexity index is 1250. The SMILES string of the molecule is CC(=O)c1cccc(S(=O)(=O)N2CCN(C(=O)Cc3cn(C)c4ccccc34)CC2)c1. The summed E-state index contributed by atoms with van der Waals surface area (Å²) >= 11 is 0. The second kappa shape index (κ2) is 8.28. The molecule has 1 fully saturated rings. The Morgan fingerprint density at radius 1 is 0.968 bits per heavy atom. The summed E-state index contributed by atoms with van der Waals surface area (Å²) in [6.45, 7) is 2.55. The Kier molecular flexibility index (Phi) is 5.68. The van der Waals surface area contributed by atoms with Crippen LogP contribution in [0.15, 0.2) is 59.6 Å². The van der Waals surface area contributed by atoms with Crippen molar-refractivity contribution in [3.63, 3.8) is 0 Å². The number of sulfonamides is 1. The number of hydrogen-bond donors (Lipinski definition) is 0. The maximum atomic E-state index is 13.0. The summed E-state index contributed by atoms with van der Waals surface area (Å²) in [4.78, 5) is 26.3. The highest BCUT2D eigenvalue weighted by atomic mass is 32.2. The fourth-order valence-corrected chi connectivity index (χ4v) is 5.51. The molecule has 0 aliphatic carbocycles. The molecule has 0 radical (unpaired) electrons. The molecule has 1 aliphatic rings. The van der Waals surface area contributed by atoms with Crippen LogP contribution >= 0.6 is 0 Å². The van der Waals surface area contributed by atoms with Crippen LogP contribution < -0.4 is 0 Å². The molecule has 31 heavy (non-hydrogen) atoms. The molecule has 7 nitrogen and oxygen atoms in total. The Morgan fingerprint density at radius 2 is 1.68 bits per heavy atom. The van der Waals surface area contributed by atoms with Gasteiger partial charge in [-0.15, -0.1) is 0 Å². The molecular formula is C23H25N3O4S. The van der Waals surface area contributed by atoms with Crippen LogP contribution in [0, 0.1) is 0 Å². The number of rotatable bonds is 5. The molecule has 2 heterocycles. The molecule has 0 spiro atoms. The minimum atomic E-state index is -3.71. The Labute approximate surface area is 181 Å². The van der Waals surface area contributed by atoms with Gasteiger partial charge in [-0.05, 0) is 30.7 Å². The number of ketones is 1. The van der Waals surface area contributed by atoms with Crippen LogP contribution in [0.3, 0.4) is 0 Å². The summed E-state index contributed by atoms with van der Waals surface area (Å²) < 4.78 is 29.4. The molecule has 0 N–H and O–H groups in total. The van der Waals surface area contributed by atoms with Gasteiger partial charge in [0, 0.05) is 55.9 Å². The van der Waals surface area contributed by atoms with Crippen molar-refractivity contribution in [3.8, 4) is 0 Å². The van der Waals surface area contributed by atoms with E-state index < -0.39 is 10.0 Å². The Morgan fingerprint density at radius 3 is 2.39 bits per heavy atom. The first-order valence-electron chi connectivity index (χ1n) is 10.2. The fraction of sp³-hybridized carbons (Fsp3) is 0.304. The standard InChI is InChI=1S/C23H25N3O4S/c1-17(27)18-6-5-7-20(14-18)31(29,30)26-12-10-25(11-13-26)23(28)15-19-16-24(2)22-9-4-3-8-21(19)22/h3-9,14,16H,10-13,15H2,1-2H3. The van der Waals surface area contributed by atoms with Gasteiger partial charge in [0.2, 0.25) is 15.9 Å². The van der Waals surface area contributed by atoms with Gasteiger partial charge in [-0.3, -0.25) is 9.59 Å². The third-order valence-corrected chi connectivity index (χ3v) is 7.69. The predicted octanol–water partition coefficient (Wildman–Crippen LogP) is 2.46. The summed E-state index contributed by atoms with van der Waals surface area (Å²) in [7, 11) is -1.75. The fourth-order valence-electron chi connectivity index (χ4n) is 4.04. The molecule has 0 unspecified atom stereocenters. The van der Waals surface area contributed by atoms with E-state index in [-0.39, 0.29) is 36.1 Å². The largest absolute Gasteiger partial charge is 0.350 e. The van der Waals surface area contributed by atoms with Crippen LogP contribution in [0.5, 0.6) is 0 Å². The number of carbonyl (C=O) groups excluding carboxylic acids is 2. The van der Waals surface area contributed by atoms with E-state index in [1.165, 1.54) is 23.4 Å². The first-order valence-corrected chi connectivity index (χ1v) is 11.6. The van der Waals surface area contributed by atoms with Crippen molar-refractivity contribution in [3.05, 3.63) is 65.9 Å². The van der Waals surface area contributed by atoms with Crippen molar-refractivity contribution >= 4 is 32.6 Å². The summed E-state index contributed by atoms with van der Waals surface area (Å²) in [6, 6.07) is 14.1. The third kappa shape index (κ3) is 4.13. The number of Topliss-reactive ketones (excluding diaryl/α,β-unsaturated/α-hetero) is 1. The van der Waals surface area contributed by atoms with Gasteiger partial charge in [-0.1, -0.05) is 30.3 Å². The molecule has 1 aromatic heterocycles. The molecule has 3 aromatic rings. The first kappa shape index (κ1) is 21.3. The molecule has 1 amide bonds. The Hall–Kier alpha value is -2.97. The minimum absolute atomic E-state index is 0.00743. The second-order valence-electron chi connectivity index (χ2n) is 7.83. The van der Waals surface area contributed by atoms with Gasteiger partial charge in [0.25, 0.3) is 0 Å². The zero-order valence-corrected chi connectivity index (χ0v) is 18.4. The summed E-state index contributed by atoms with van der Waals surface area (Å²) in [5.41, 5.74) is 2.41. The van der Waals surface area contributed by atoms with Crippen molar-refractivity contribution in [2.24, 2.45) is 7.05 Å². The lowest BCUT2D eigenvalue weighted by molar-refractivity contribution is -0.131. The van der Waals surface area contributed by atoms with Gasteiger partial charge in [0.1, 0.15) is 0 Å². The molecule has 2 aromatic carbocycles. The summed E-state index contributed by atoms with van der Waals surface area (Å²) in [5.74, 6) is -0.187. The van der Waals surface area contributed by atoms with Crippen LogP contribution in [0.4, 0.5) is 0 Å². The van der Waals surface area contributed by atoms with Crippen LogP contribution in [0.25, 0.3) is 10.9 Å². The highest BCUT2D eigenvalue weighted by Gasteiger charge is 2.30. The van der Waals surface area contributed by atoms with E-state index in [9.17, 15) is 18.0 Å². The van der Waals surface area contributed by atoms with E-state index >= 15 is 0 Å². The van der Waals surface area contributed by atoms with Gasteiger partial charge in [-0.2, -0.15) is 4.31 Å². The summed E-state index contributed by atoms with van der Waals surface area (Å²) in [5, 5.41) is 1.06. The van der Waals surface area contributed by atoms with Crippen molar-refractivity contribution in [2.75, 3.05) is 26.2 Å². The number of aromatic nitrogens is 1.